The van der Waals surface area contributed by atoms with Crippen molar-refractivity contribution in [3.8, 4) is 0 Å². The predicted molar refractivity (Wildman–Crippen MR) is 176 cm³/mol. The fourth-order valence-corrected chi connectivity index (χ4v) is 7.03. The molecule has 3 aliphatic heterocycles. The molecule has 46 heavy (non-hydrogen) atoms. The second-order valence-corrected chi connectivity index (χ2v) is 12.8. The van der Waals surface area contributed by atoms with Crippen LogP contribution in [0.15, 0.2) is 79.0 Å². The molecule has 3 aromatic carbocycles. The van der Waals surface area contributed by atoms with Gasteiger partial charge in [-0.25, -0.2) is 4.98 Å². The maximum atomic E-state index is 12.8. The molecule has 3 saturated heterocycles. The summed E-state index contributed by atoms with van der Waals surface area (Å²) in [6.07, 6.45) is 6.83. The topological polar surface area (TPSA) is 100 Å². The van der Waals surface area contributed by atoms with Gasteiger partial charge in [0.25, 0.3) is 5.91 Å². The summed E-state index contributed by atoms with van der Waals surface area (Å²) in [5.41, 5.74) is 5.66. The summed E-state index contributed by atoms with van der Waals surface area (Å²) in [6.45, 7) is 6.01. The van der Waals surface area contributed by atoms with E-state index in [9.17, 15) is 9.90 Å². The second-order valence-electron chi connectivity index (χ2n) is 12.8. The van der Waals surface area contributed by atoms with Crippen molar-refractivity contribution in [2.75, 3.05) is 32.7 Å². The van der Waals surface area contributed by atoms with Gasteiger partial charge in [-0.3, -0.25) is 14.7 Å². The number of aliphatic hydroxyl groups is 1. The number of nitrogens with zero attached hydrogens (tertiary/aromatic N) is 4. The molecule has 240 valence electrons. The fraction of sp³-hybridized carbons (Fsp3) is 0.432. The summed E-state index contributed by atoms with van der Waals surface area (Å²) in [5.74, 6) is -0.260. The summed E-state index contributed by atoms with van der Waals surface area (Å²) in [4.78, 5) is 26.9. The molecular formula is C37H43N5O4. The van der Waals surface area contributed by atoms with Gasteiger partial charge in [-0.05, 0) is 74.1 Å². The van der Waals surface area contributed by atoms with Crippen molar-refractivity contribution in [1.29, 1.82) is 0 Å². The monoisotopic (exact) mass is 621 g/mol. The van der Waals surface area contributed by atoms with Crippen molar-refractivity contribution in [2.24, 2.45) is 0 Å². The Morgan fingerprint density at radius 2 is 1.59 bits per heavy atom. The first-order valence-corrected chi connectivity index (χ1v) is 16.7. The van der Waals surface area contributed by atoms with E-state index in [2.05, 4.69) is 37.2 Å². The minimum absolute atomic E-state index is 0.0238. The quantitative estimate of drug-likeness (QED) is 0.251. The van der Waals surface area contributed by atoms with Gasteiger partial charge < -0.3 is 24.8 Å². The minimum Gasteiger partial charge on any atom is -0.392 e. The molecule has 4 unspecified atom stereocenters. The number of carbonyl (C=O) groups is 1. The molecule has 3 fully saturated rings. The summed E-state index contributed by atoms with van der Waals surface area (Å²) in [7, 11) is 0. The molecule has 1 aromatic heterocycles. The maximum absolute atomic E-state index is 12.8. The molecule has 0 saturated carbocycles. The first-order valence-electron chi connectivity index (χ1n) is 16.7. The highest BCUT2D eigenvalue weighted by atomic mass is 16.7. The van der Waals surface area contributed by atoms with E-state index in [1.165, 1.54) is 45.0 Å². The Morgan fingerprint density at radius 3 is 2.37 bits per heavy atom. The fourth-order valence-electron chi connectivity index (χ4n) is 7.03. The van der Waals surface area contributed by atoms with E-state index in [-0.39, 0.29) is 24.7 Å². The molecule has 7 rings (SSSR count). The maximum Gasteiger partial charge on any atom is 0.271 e. The predicted octanol–water partition coefficient (Wildman–Crippen LogP) is 5.16. The number of hydrogen-bond donors (Lipinski definition) is 2. The highest BCUT2D eigenvalue weighted by Gasteiger charge is 2.36. The van der Waals surface area contributed by atoms with Crippen LogP contribution in [-0.4, -0.2) is 75.7 Å². The van der Waals surface area contributed by atoms with Crippen LogP contribution in [0.25, 0.3) is 11.0 Å². The van der Waals surface area contributed by atoms with E-state index in [0.717, 1.165) is 53.8 Å². The normalized spacial score (nSPS) is 24.0. The number of rotatable bonds is 10. The van der Waals surface area contributed by atoms with Crippen LogP contribution >= 0.6 is 0 Å². The van der Waals surface area contributed by atoms with Gasteiger partial charge in [0, 0.05) is 37.7 Å². The molecule has 0 bridgehead atoms. The van der Waals surface area contributed by atoms with Crippen LogP contribution in [0.5, 0.6) is 0 Å². The molecule has 3 aliphatic rings. The summed E-state index contributed by atoms with van der Waals surface area (Å²) >= 11 is 0. The molecule has 1 amide bonds. The number of hydrogen-bond acceptors (Lipinski definition) is 8. The summed E-state index contributed by atoms with van der Waals surface area (Å²) in [6, 6.07) is 24.2. The molecule has 0 spiro atoms. The van der Waals surface area contributed by atoms with E-state index in [1.807, 2.05) is 60.7 Å². The number of benzene rings is 3. The number of amides is 1. The van der Waals surface area contributed by atoms with Crippen molar-refractivity contribution < 1.29 is 19.4 Å². The van der Waals surface area contributed by atoms with Gasteiger partial charge in [0.05, 0.1) is 36.0 Å². The van der Waals surface area contributed by atoms with Crippen LogP contribution in [-0.2, 0) is 22.6 Å². The zero-order valence-electron chi connectivity index (χ0n) is 26.3. The van der Waals surface area contributed by atoms with Crippen molar-refractivity contribution in [2.45, 2.75) is 69.8 Å². The molecule has 9 heteroatoms. The molecule has 0 radical (unpaired) electrons. The van der Waals surface area contributed by atoms with E-state index in [1.54, 1.807) is 0 Å². The number of ether oxygens (including phenoxy) is 2. The largest absolute Gasteiger partial charge is 0.392 e. The zero-order valence-corrected chi connectivity index (χ0v) is 26.3. The third-order valence-electron chi connectivity index (χ3n) is 9.61. The van der Waals surface area contributed by atoms with Gasteiger partial charge in [-0.15, -0.1) is 0 Å². The van der Waals surface area contributed by atoms with Gasteiger partial charge in [-0.2, -0.15) is 0 Å². The molecule has 2 N–H and O–H groups in total. The van der Waals surface area contributed by atoms with Gasteiger partial charge in [0.15, 0.2) is 6.29 Å². The number of fused-ring (bicyclic) bond motifs is 1. The lowest BCUT2D eigenvalue weighted by atomic mass is 9.99. The van der Waals surface area contributed by atoms with Gasteiger partial charge in [0.1, 0.15) is 5.69 Å². The van der Waals surface area contributed by atoms with E-state index < -0.39 is 6.29 Å². The van der Waals surface area contributed by atoms with Gasteiger partial charge in [-0.1, -0.05) is 60.7 Å². The minimum atomic E-state index is -0.502. The summed E-state index contributed by atoms with van der Waals surface area (Å²) < 4.78 is 13.3. The Labute approximate surface area is 270 Å². The Morgan fingerprint density at radius 1 is 0.848 bits per heavy atom. The van der Waals surface area contributed by atoms with Gasteiger partial charge >= 0.3 is 0 Å². The van der Waals surface area contributed by atoms with Crippen LogP contribution < -0.4 is 5.32 Å². The van der Waals surface area contributed by atoms with Crippen LogP contribution in [0, 0.1) is 0 Å². The molecule has 9 nitrogen and oxygen atoms in total. The molecule has 0 aliphatic carbocycles. The lowest BCUT2D eigenvalue weighted by Gasteiger charge is -2.39. The Balaban J connectivity index is 1.02. The first kappa shape index (κ1) is 30.9. The number of aliphatic hydroxyl groups excluding tert-OH is 1. The zero-order chi connectivity index (χ0) is 31.3. The van der Waals surface area contributed by atoms with Crippen LogP contribution in [0.3, 0.4) is 0 Å². The number of para-hydroxylation sites is 2. The van der Waals surface area contributed by atoms with E-state index in [4.69, 9.17) is 9.47 Å². The number of aromatic nitrogens is 2. The molecule has 4 heterocycles. The third kappa shape index (κ3) is 7.29. The number of likely N-dealkylation sites (tertiary alicyclic amines) is 2. The van der Waals surface area contributed by atoms with Crippen molar-refractivity contribution in [3.05, 3.63) is 107 Å². The van der Waals surface area contributed by atoms with Crippen LogP contribution in [0.1, 0.15) is 77.2 Å². The summed E-state index contributed by atoms with van der Waals surface area (Å²) in [5, 5.41) is 12.5. The van der Waals surface area contributed by atoms with Crippen LogP contribution in [0.4, 0.5) is 0 Å². The Kier molecular flexibility index (Phi) is 9.65. The Bertz CT molecular complexity index is 1610. The highest BCUT2D eigenvalue weighted by molar-refractivity contribution is 5.93. The SMILES string of the molecule is O=C(NCc1ccc(C2OC(CN3CCCC3CN3CCCC3)CC(c3ccc(CO)cc3)O2)cc1)c1cnc2ccccc2n1. The highest BCUT2D eigenvalue weighted by Crippen LogP contribution is 2.39. The molecule has 4 atom stereocenters. The van der Waals surface area contributed by atoms with E-state index >= 15 is 0 Å². The third-order valence-corrected chi connectivity index (χ3v) is 9.61. The van der Waals surface area contributed by atoms with Gasteiger partial charge in [0.2, 0.25) is 0 Å². The second kappa shape index (κ2) is 14.4. The average molecular weight is 622 g/mol. The smallest absolute Gasteiger partial charge is 0.271 e. The van der Waals surface area contributed by atoms with Crippen LogP contribution in [0.2, 0.25) is 0 Å². The van der Waals surface area contributed by atoms with Crippen molar-refractivity contribution in [1.82, 2.24) is 25.1 Å². The average Bonchev–Trinajstić information content (AvgIpc) is 3.79. The van der Waals surface area contributed by atoms with Crippen molar-refractivity contribution in [3.63, 3.8) is 0 Å². The van der Waals surface area contributed by atoms with Crippen molar-refractivity contribution >= 4 is 16.9 Å². The number of carbonyl (C=O) groups excluding carboxylic acids is 1. The lowest BCUT2D eigenvalue weighted by molar-refractivity contribution is -0.253. The standard InChI is InChI=1S/C37H43N5O4/c43-25-27-11-13-28(14-12-27)35-20-31(24-42-19-5-6-30(42)23-41-17-3-4-18-41)45-37(46-35)29-15-9-26(10-16-29)21-39-36(44)34-22-38-32-7-1-2-8-33(32)40-34/h1-2,7-16,22,30-31,35,37,43H,3-6,17-21,23-25H2,(H,39,44). The lowest BCUT2D eigenvalue weighted by Crippen LogP contribution is -2.45. The van der Waals surface area contributed by atoms with E-state index in [0.29, 0.717) is 23.8 Å². The molecule has 4 aromatic rings. The Hall–Kier alpha value is -3.73. The first-order chi connectivity index (χ1) is 22.6. The molecular weight excluding hydrogens is 578 g/mol. The number of nitrogens with one attached hydrogen (secondary N) is 1.